The van der Waals surface area contributed by atoms with Crippen molar-refractivity contribution in [2.75, 3.05) is 23.5 Å². The normalized spacial score (nSPS) is 10.8. The highest BCUT2D eigenvalue weighted by molar-refractivity contribution is 7.90. The van der Waals surface area contributed by atoms with E-state index in [0.29, 0.717) is 11.4 Å². The van der Waals surface area contributed by atoms with Gasteiger partial charge in [0, 0.05) is 24.9 Å². The quantitative estimate of drug-likeness (QED) is 0.819. The Morgan fingerprint density at radius 3 is 2.44 bits per heavy atom. The van der Waals surface area contributed by atoms with Gasteiger partial charge in [-0.25, -0.2) is 8.42 Å². The van der Waals surface area contributed by atoms with E-state index in [2.05, 4.69) is 10.6 Å². The molecule has 0 saturated heterocycles. The molecule has 0 aliphatic rings. The molecule has 2 amide bonds. The van der Waals surface area contributed by atoms with E-state index in [1.54, 1.807) is 36.4 Å². The first-order chi connectivity index (χ1) is 11.8. The minimum atomic E-state index is -3.46. The fraction of sp³-hybridized carbons (Fsp3) is 0.176. The molecule has 0 fully saturated rings. The van der Waals surface area contributed by atoms with Crippen LogP contribution >= 0.6 is 0 Å². The minimum absolute atomic E-state index is 0.0380. The van der Waals surface area contributed by atoms with Crippen LogP contribution in [0.4, 0.5) is 11.4 Å². The summed E-state index contributed by atoms with van der Waals surface area (Å²) in [6.07, 6.45) is 1.07. The maximum absolute atomic E-state index is 12.0. The van der Waals surface area contributed by atoms with Crippen LogP contribution in [0.2, 0.25) is 0 Å². The lowest BCUT2D eigenvalue weighted by Gasteiger charge is -2.11. The summed E-state index contributed by atoms with van der Waals surface area (Å²) >= 11 is 0. The summed E-state index contributed by atoms with van der Waals surface area (Å²) in [6, 6.07) is 12.7. The molecule has 0 atom stereocenters. The molecule has 0 spiro atoms. The number of amides is 2. The van der Waals surface area contributed by atoms with Gasteiger partial charge in [-0.15, -0.1) is 0 Å². The number of carbonyl (C=O) groups excluding carboxylic acids is 2. The zero-order chi connectivity index (χ0) is 18.4. The van der Waals surface area contributed by atoms with Crippen molar-refractivity contribution in [3.05, 3.63) is 48.5 Å². The molecule has 0 aliphatic heterocycles. The highest BCUT2D eigenvalue weighted by Crippen LogP contribution is 2.21. The number of nitrogens with one attached hydrogen (secondary N) is 2. The van der Waals surface area contributed by atoms with E-state index >= 15 is 0 Å². The smallest absolute Gasteiger partial charge is 0.262 e. The van der Waals surface area contributed by atoms with Crippen LogP contribution < -0.4 is 15.4 Å². The molecule has 0 bridgehead atoms. The van der Waals surface area contributed by atoms with E-state index < -0.39 is 15.7 Å². The van der Waals surface area contributed by atoms with Gasteiger partial charge in [0.15, 0.2) is 16.4 Å². The maximum atomic E-state index is 12.0. The molecule has 25 heavy (non-hydrogen) atoms. The summed E-state index contributed by atoms with van der Waals surface area (Å²) in [6.45, 7) is 1.09. The predicted octanol–water partition coefficient (Wildman–Crippen LogP) is 2.07. The van der Waals surface area contributed by atoms with Gasteiger partial charge in [0.1, 0.15) is 5.75 Å². The maximum Gasteiger partial charge on any atom is 0.262 e. The molecule has 0 unspecified atom stereocenters. The Morgan fingerprint density at radius 2 is 1.76 bits per heavy atom. The van der Waals surface area contributed by atoms with Crippen molar-refractivity contribution in [2.24, 2.45) is 0 Å². The Bertz CT molecular complexity index is 893. The molecular formula is C17H18N2O5S. The fourth-order valence-electron chi connectivity index (χ4n) is 2.10. The largest absolute Gasteiger partial charge is 0.484 e. The van der Waals surface area contributed by atoms with Gasteiger partial charge < -0.3 is 15.4 Å². The van der Waals surface area contributed by atoms with E-state index in [-0.39, 0.29) is 23.1 Å². The Kier molecular flexibility index (Phi) is 5.76. The first-order valence-electron chi connectivity index (χ1n) is 7.35. The number of para-hydroxylation sites is 1. The van der Waals surface area contributed by atoms with Crippen molar-refractivity contribution < 1.29 is 22.7 Å². The van der Waals surface area contributed by atoms with Gasteiger partial charge in [0.05, 0.1) is 10.6 Å². The third-order valence-electron chi connectivity index (χ3n) is 3.08. The second-order valence-electron chi connectivity index (χ2n) is 5.31. The van der Waals surface area contributed by atoms with Crippen LogP contribution in [0.15, 0.2) is 53.4 Å². The van der Waals surface area contributed by atoms with Crippen molar-refractivity contribution in [2.45, 2.75) is 11.8 Å². The third-order valence-corrected chi connectivity index (χ3v) is 4.24. The van der Waals surface area contributed by atoms with Crippen molar-refractivity contribution in [1.29, 1.82) is 0 Å². The lowest BCUT2D eigenvalue weighted by atomic mass is 10.3. The number of rotatable bonds is 6. The van der Waals surface area contributed by atoms with Gasteiger partial charge in [0.25, 0.3) is 5.91 Å². The van der Waals surface area contributed by atoms with Gasteiger partial charge in [-0.05, 0) is 24.3 Å². The third kappa shape index (κ3) is 5.61. The van der Waals surface area contributed by atoms with E-state index in [0.717, 1.165) is 6.26 Å². The minimum Gasteiger partial charge on any atom is -0.484 e. The van der Waals surface area contributed by atoms with Crippen LogP contribution in [0.3, 0.4) is 0 Å². The number of hydrogen-bond acceptors (Lipinski definition) is 5. The number of benzene rings is 2. The second kappa shape index (κ2) is 7.80. The first kappa shape index (κ1) is 18.5. The van der Waals surface area contributed by atoms with Crippen molar-refractivity contribution in [1.82, 2.24) is 0 Å². The van der Waals surface area contributed by atoms with Crippen LogP contribution in [-0.4, -0.2) is 33.1 Å². The molecule has 132 valence electrons. The zero-order valence-corrected chi connectivity index (χ0v) is 14.6. The average molecular weight is 362 g/mol. The molecule has 2 aromatic carbocycles. The van der Waals surface area contributed by atoms with Gasteiger partial charge in [-0.1, -0.05) is 18.2 Å². The Hall–Kier alpha value is -2.87. The summed E-state index contributed by atoms with van der Waals surface area (Å²) in [7, 11) is -3.46. The van der Waals surface area contributed by atoms with Gasteiger partial charge in [-0.2, -0.15) is 0 Å². The van der Waals surface area contributed by atoms with Gasteiger partial charge >= 0.3 is 0 Å². The van der Waals surface area contributed by atoms with Crippen molar-refractivity contribution in [3.63, 3.8) is 0 Å². The lowest BCUT2D eigenvalue weighted by molar-refractivity contribution is -0.118. The average Bonchev–Trinajstić information content (AvgIpc) is 2.52. The summed E-state index contributed by atoms with van der Waals surface area (Å²) < 4.78 is 28.8. The molecule has 0 radical (unpaired) electrons. The topological polar surface area (TPSA) is 102 Å². The van der Waals surface area contributed by atoms with Crippen LogP contribution in [-0.2, 0) is 19.4 Å². The Morgan fingerprint density at radius 1 is 1.04 bits per heavy atom. The zero-order valence-electron chi connectivity index (χ0n) is 13.8. The molecule has 0 saturated carbocycles. The van der Waals surface area contributed by atoms with E-state index in [4.69, 9.17) is 4.74 Å². The molecular weight excluding hydrogens is 344 g/mol. The van der Waals surface area contributed by atoms with Crippen molar-refractivity contribution >= 4 is 33.0 Å². The molecule has 0 aliphatic carbocycles. The van der Waals surface area contributed by atoms with E-state index in [1.165, 1.54) is 19.1 Å². The summed E-state index contributed by atoms with van der Waals surface area (Å²) in [5.74, 6) is -0.314. The fourth-order valence-corrected chi connectivity index (χ4v) is 2.94. The molecule has 2 rings (SSSR count). The Labute approximate surface area is 145 Å². The number of sulfone groups is 1. The Balaban J connectivity index is 2.02. The first-order valence-corrected chi connectivity index (χ1v) is 9.24. The molecule has 0 heterocycles. The van der Waals surface area contributed by atoms with E-state index in [9.17, 15) is 18.0 Å². The second-order valence-corrected chi connectivity index (χ2v) is 7.30. The number of anilines is 2. The predicted molar refractivity (Wildman–Crippen MR) is 94.4 cm³/mol. The SMILES string of the molecule is CC(=O)Nc1cccc(OCC(=O)Nc2ccccc2S(C)(=O)=O)c1. The molecule has 0 aromatic heterocycles. The van der Waals surface area contributed by atoms with Gasteiger partial charge in [-0.3, -0.25) is 9.59 Å². The van der Waals surface area contributed by atoms with Crippen LogP contribution in [0.1, 0.15) is 6.92 Å². The number of hydrogen-bond donors (Lipinski definition) is 2. The van der Waals surface area contributed by atoms with Crippen LogP contribution in [0, 0.1) is 0 Å². The summed E-state index contributed by atoms with van der Waals surface area (Å²) in [5, 5.41) is 5.13. The van der Waals surface area contributed by atoms with Gasteiger partial charge in [0.2, 0.25) is 5.91 Å². The molecule has 2 aromatic rings. The number of carbonyl (C=O) groups is 2. The summed E-state index contributed by atoms with van der Waals surface area (Å²) in [5.41, 5.74) is 0.749. The highest BCUT2D eigenvalue weighted by Gasteiger charge is 2.14. The lowest BCUT2D eigenvalue weighted by Crippen LogP contribution is -2.21. The molecule has 8 heteroatoms. The summed E-state index contributed by atoms with van der Waals surface area (Å²) in [4.78, 5) is 23.1. The molecule has 7 nitrogen and oxygen atoms in total. The van der Waals surface area contributed by atoms with Crippen LogP contribution in [0.5, 0.6) is 5.75 Å². The van der Waals surface area contributed by atoms with E-state index in [1.807, 2.05) is 0 Å². The number of ether oxygens (including phenoxy) is 1. The van der Waals surface area contributed by atoms with Crippen LogP contribution in [0.25, 0.3) is 0 Å². The highest BCUT2D eigenvalue weighted by atomic mass is 32.2. The standard InChI is InChI=1S/C17H18N2O5S/c1-12(20)18-13-6-5-7-14(10-13)24-11-17(21)19-15-8-3-4-9-16(15)25(2,22)23/h3-10H,11H2,1-2H3,(H,18,20)(H,19,21). The monoisotopic (exact) mass is 362 g/mol. The van der Waals surface area contributed by atoms with Crippen molar-refractivity contribution in [3.8, 4) is 5.75 Å². The molecule has 2 N–H and O–H groups in total.